The molecule has 2 atom stereocenters. The molecule has 1 N–H and O–H groups in total. The summed E-state index contributed by atoms with van der Waals surface area (Å²) in [5.41, 5.74) is 5.87. The average molecular weight is 478 g/mol. The van der Waals surface area contributed by atoms with Crippen LogP contribution in [0.1, 0.15) is 41.3 Å². The van der Waals surface area contributed by atoms with Crippen LogP contribution in [0.15, 0.2) is 84.9 Å². The van der Waals surface area contributed by atoms with E-state index in [-0.39, 0.29) is 24.4 Å². The molecule has 5 heteroatoms. The van der Waals surface area contributed by atoms with Gasteiger partial charge in [0.2, 0.25) is 11.8 Å². The van der Waals surface area contributed by atoms with E-state index in [4.69, 9.17) is 0 Å². The van der Waals surface area contributed by atoms with E-state index in [1.54, 1.807) is 4.90 Å². The molecule has 5 nitrogen and oxygen atoms in total. The van der Waals surface area contributed by atoms with Gasteiger partial charge in [0.15, 0.2) is 0 Å². The summed E-state index contributed by atoms with van der Waals surface area (Å²) in [7, 11) is 0. The topological polar surface area (TPSA) is 56.4 Å². The number of amides is 2. The summed E-state index contributed by atoms with van der Waals surface area (Å²) in [6.45, 7) is 0.779. The molecule has 2 aliphatic rings. The predicted molar refractivity (Wildman–Crippen MR) is 141 cm³/mol. The molecule has 0 bridgehead atoms. The van der Waals surface area contributed by atoms with E-state index in [0.717, 1.165) is 36.9 Å². The first-order valence-corrected chi connectivity index (χ1v) is 13.0. The Hall–Kier alpha value is -3.86. The maximum atomic E-state index is 13.8. The van der Waals surface area contributed by atoms with Crippen molar-refractivity contribution in [2.75, 3.05) is 13.1 Å². The third-order valence-corrected chi connectivity index (χ3v) is 7.75. The quantitative estimate of drug-likeness (QED) is 0.404. The lowest BCUT2D eigenvalue weighted by Crippen LogP contribution is -2.63. The van der Waals surface area contributed by atoms with Crippen LogP contribution in [-0.4, -0.2) is 45.7 Å². The number of hydrogen-bond acceptors (Lipinski definition) is 2. The zero-order chi connectivity index (χ0) is 24.5. The minimum absolute atomic E-state index is 0.0571. The molecule has 6 rings (SSSR count). The molecule has 0 spiro atoms. The Morgan fingerprint density at radius 3 is 2.22 bits per heavy atom. The number of fused-ring (bicyclic) bond motifs is 4. The highest BCUT2D eigenvalue weighted by atomic mass is 16.2. The number of benzene rings is 3. The standard InChI is InChI=1S/C31H31N3O2/c35-29-21-33(19-9-14-22-10-3-1-4-11-22)31(36)28-20-25-24-15-7-8-16-26(24)32-30(25)27(34(28)29)18-17-23-12-5-2-6-13-23/h1-8,10-13,15-16,27-28,32H,9,14,17-21H2/t27-,28-/m0/s1. The summed E-state index contributed by atoms with van der Waals surface area (Å²) in [6, 6.07) is 28.4. The second-order valence-electron chi connectivity index (χ2n) is 9.97. The van der Waals surface area contributed by atoms with E-state index in [2.05, 4.69) is 53.5 Å². The SMILES string of the molecule is O=C1[C@@H]2Cc3c([nH]c4ccccc34)[C@H](CCc3ccccc3)N2C(=O)CN1CCCc1ccccc1. The first kappa shape index (κ1) is 22.6. The summed E-state index contributed by atoms with van der Waals surface area (Å²) in [6.07, 6.45) is 3.96. The van der Waals surface area contributed by atoms with Gasteiger partial charge in [-0.2, -0.15) is 0 Å². The molecule has 0 unspecified atom stereocenters. The number of piperazine rings is 1. The fraction of sp³-hybridized carbons (Fsp3) is 0.290. The predicted octanol–water partition coefficient (Wildman–Crippen LogP) is 5.07. The van der Waals surface area contributed by atoms with Gasteiger partial charge in [0.25, 0.3) is 0 Å². The van der Waals surface area contributed by atoms with Crippen LogP contribution < -0.4 is 0 Å². The Morgan fingerprint density at radius 2 is 1.47 bits per heavy atom. The molecule has 3 heterocycles. The second kappa shape index (κ2) is 9.65. The van der Waals surface area contributed by atoms with Crippen LogP contribution in [-0.2, 0) is 28.9 Å². The number of carbonyl (C=O) groups is 2. The summed E-state index contributed by atoms with van der Waals surface area (Å²) >= 11 is 0. The number of carbonyl (C=O) groups excluding carboxylic acids is 2. The van der Waals surface area contributed by atoms with Crippen LogP contribution in [0.2, 0.25) is 0 Å². The van der Waals surface area contributed by atoms with Crippen molar-refractivity contribution in [3.8, 4) is 0 Å². The molecule has 36 heavy (non-hydrogen) atoms. The number of H-pyrrole nitrogens is 1. The molecule has 0 saturated carbocycles. The van der Waals surface area contributed by atoms with Gasteiger partial charge >= 0.3 is 0 Å². The molecule has 0 radical (unpaired) electrons. The van der Waals surface area contributed by atoms with Crippen LogP contribution in [0.4, 0.5) is 0 Å². The number of aromatic nitrogens is 1. The highest BCUT2D eigenvalue weighted by molar-refractivity contribution is 5.97. The summed E-state index contributed by atoms with van der Waals surface area (Å²) < 4.78 is 0. The zero-order valence-electron chi connectivity index (χ0n) is 20.4. The average Bonchev–Trinajstić information content (AvgIpc) is 3.29. The van der Waals surface area contributed by atoms with Crippen molar-refractivity contribution in [3.63, 3.8) is 0 Å². The normalized spacial score (nSPS) is 19.4. The number of hydrogen-bond donors (Lipinski definition) is 1. The first-order valence-electron chi connectivity index (χ1n) is 13.0. The van der Waals surface area contributed by atoms with Crippen molar-refractivity contribution in [1.29, 1.82) is 0 Å². The maximum absolute atomic E-state index is 13.8. The highest BCUT2D eigenvalue weighted by Crippen LogP contribution is 2.41. The molecule has 1 fully saturated rings. The highest BCUT2D eigenvalue weighted by Gasteiger charge is 2.47. The zero-order valence-corrected chi connectivity index (χ0v) is 20.4. The van der Waals surface area contributed by atoms with Gasteiger partial charge in [-0.15, -0.1) is 0 Å². The van der Waals surface area contributed by atoms with E-state index in [1.807, 2.05) is 41.3 Å². The van der Waals surface area contributed by atoms with Crippen LogP contribution in [0.25, 0.3) is 10.9 Å². The number of nitrogens with one attached hydrogen (secondary N) is 1. The van der Waals surface area contributed by atoms with Crippen LogP contribution in [0, 0.1) is 0 Å². The van der Waals surface area contributed by atoms with Crippen LogP contribution in [0.5, 0.6) is 0 Å². The van der Waals surface area contributed by atoms with Crippen molar-refractivity contribution in [1.82, 2.24) is 14.8 Å². The minimum Gasteiger partial charge on any atom is -0.356 e. The molecule has 2 amide bonds. The Balaban J connectivity index is 1.27. The van der Waals surface area contributed by atoms with Gasteiger partial charge < -0.3 is 14.8 Å². The summed E-state index contributed by atoms with van der Waals surface area (Å²) in [4.78, 5) is 34.6. The molecular weight excluding hydrogens is 446 g/mol. The molecule has 1 aromatic heterocycles. The summed E-state index contributed by atoms with van der Waals surface area (Å²) in [5.74, 6) is 0.144. The van der Waals surface area contributed by atoms with E-state index in [0.29, 0.717) is 13.0 Å². The van der Waals surface area contributed by atoms with Gasteiger partial charge in [-0.25, -0.2) is 0 Å². The molecule has 2 aliphatic heterocycles. The van der Waals surface area contributed by atoms with Gasteiger partial charge in [0.05, 0.1) is 12.6 Å². The number of aryl methyl sites for hydroxylation is 2. The van der Waals surface area contributed by atoms with Crippen molar-refractivity contribution in [2.45, 2.75) is 44.2 Å². The van der Waals surface area contributed by atoms with E-state index >= 15 is 0 Å². The van der Waals surface area contributed by atoms with Crippen molar-refractivity contribution in [2.24, 2.45) is 0 Å². The molecular formula is C31H31N3O2. The van der Waals surface area contributed by atoms with E-state index in [9.17, 15) is 9.59 Å². The minimum atomic E-state index is -0.435. The maximum Gasteiger partial charge on any atom is 0.246 e. The Labute approximate surface area is 211 Å². The van der Waals surface area contributed by atoms with Gasteiger partial charge in [-0.3, -0.25) is 9.59 Å². The smallest absolute Gasteiger partial charge is 0.246 e. The van der Waals surface area contributed by atoms with Crippen molar-refractivity contribution in [3.05, 3.63) is 107 Å². The lowest BCUT2D eigenvalue weighted by molar-refractivity contribution is -0.159. The fourth-order valence-electron chi connectivity index (χ4n) is 6.00. The fourth-order valence-corrected chi connectivity index (χ4v) is 6.00. The third-order valence-electron chi connectivity index (χ3n) is 7.75. The molecule has 4 aromatic rings. The monoisotopic (exact) mass is 477 g/mol. The Morgan fingerprint density at radius 1 is 0.806 bits per heavy atom. The number of nitrogens with zero attached hydrogens (tertiary/aromatic N) is 2. The summed E-state index contributed by atoms with van der Waals surface area (Å²) in [5, 5.41) is 1.17. The molecule has 1 saturated heterocycles. The Kier molecular flexibility index (Phi) is 6.06. The first-order chi connectivity index (χ1) is 17.7. The van der Waals surface area contributed by atoms with Gasteiger partial charge in [-0.05, 0) is 48.4 Å². The van der Waals surface area contributed by atoms with Gasteiger partial charge in [0.1, 0.15) is 6.04 Å². The lowest BCUT2D eigenvalue weighted by atomic mass is 9.86. The van der Waals surface area contributed by atoms with Crippen molar-refractivity contribution >= 4 is 22.7 Å². The van der Waals surface area contributed by atoms with Crippen LogP contribution in [0.3, 0.4) is 0 Å². The van der Waals surface area contributed by atoms with E-state index in [1.165, 1.54) is 22.1 Å². The largest absolute Gasteiger partial charge is 0.356 e. The van der Waals surface area contributed by atoms with Crippen LogP contribution >= 0.6 is 0 Å². The molecule has 0 aliphatic carbocycles. The molecule has 3 aromatic carbocycles. The van der Waals surface area contributed by atoms with E-state index < -0.39 is 6.04 Å². The number of aromatic amines is 1. The third kappa shape index (κ3) is 4.19. The molecule has 182 valence electrons. The van der Waals surface area contributed by atoms with Crippen molar-refractivity contribution < 1.29 is 9.59 Å². The van der Waals surface area contributed by atoms with Gasteiger partial charge in [0, 0.05) is 29.6 Å². The number of rotatable bonds is 7. The second-order valence-corrected chi connectivity index (χ2v) is 9.97. The lowest BCUT2D eigenvalue weighted by Gasteiger charge is -2.47. The number of para-hydroxylation sites is 1. The Bertz CT molecular complexity index is 1380. The van der Waals surface area contributed by atoms with Gasteiger partial charge in [-0.1, -0.05) is 78.9 Å².